The molecule has 0 spiro atoms. The molecule has 4 aromatic carbocycles. The molecule has 0 heterocycles. The second-order valence-electron chi connectivity index (χ2n) is 9.80. The van der Waals surface area contributed by atoms with Gasteiger partial charge in [-0.2, -0.15) is 0 Å². The quantitative estimate of drug-likeness (QED) is 0.210. The highest BCUT2D eigenvalue weighted by Gasteiger charge is 2.32. The van der Waals surface area contributed by atoms with Gasteiger partial charge < -0.3 is 0 Å². The lowest BCUT2D eigenvalue weighted by atomic mass is 9.95. The van der Waals surface area contributed by atoms with Gasteiger partial charge in [-0.15, -0.1) is 0 Å². The zero-order chi connectivity index (χ0) is 26.4. The molecule has 2 heteroatoms. The third kappa shape index (κ3) is 5.46. The van der Waals surface area contributed by atoms with Crippen LogP contribution in [-0.4, -0.2) is 11.3 Å². The topological polar surface area (TPSA) is 0 Å². The summed E-state index contributed by atoms with van der Waals surface area (Å²) in [5, 5.41) is 5.68. The van der Waals surface area contributed by atoms with E-state index in [0.29, 0.717) is 11.3 Å². The van der Waals surface area contributed by atoms with Gasteiger partial charge in [0.1, 0.15) is 0 Å². The van der Waals surface area contributed by atoms with Crippen molar-refractivity contribution in [3.05, 3.63) is 181 Å². The first-order valence-corrected chi connectivity index (χ1v) is 16.4. The van der Waals surface area contributed by atoms with Gasteiger partial charge in [0.25, 0.3) is 0 Å². The Morgan fingerprint density at radius 1 is 0.538 bits per heavy atom. The van der Waals surface area contributed by atoms with E-state index >= 15 is 0 Å². The molecule has 2 aliphatic rings. The van der Waals surface area contributed by atoms with Crippen LogP contribution in [0.4, 0.5) is 0 Å². The molecule has 2 atom stereocenters. The lowest BCUT2D eigenvalue weighted by molar-refractivity contribution is 1.12. The van der Waals surface area contributed by atoms with Crippen molar-refractivity contribution in [3.63, 3.8) is 0 Å². The minimum absolute atomic E-state index is 0.308. The standard InChI is InChI=1S/C37H32P2/c1-29(38(30-17-6-2-7-18-30)31-19-8-3-9-20-31)34-26-16-27-35(34)36-25-14-15-28-37(36)39(32-21-10-4-11-22-32)33-23-12-5-13-24-33/h2-29,37H,1H3/b36-35+/t29-,37?/m1/s1. The molecule has 39 heavy (non-hydrogen) atoms. The van der Waals surface area contributed by atoms with Crippen LogP contribution in [0.1, 0.15) is 6.92 Å². The minimum Gasteiger partial charge on any atom is -0.0721 e. The molecule has 0 fully saturated rings. The molecule has 0 saturated heterocycles. The molecule has 0 bridgehead atoms. The van der Waals surface area contributed by atoms with Crippen molar-refractivity contribution in [2.75, 3.05) is 0 Å². The predicted octanol–water partition coefficient (Wildman–Crippen LogP) is 7.93. The summed E-state index contributed by atoms with van der Waals surface area (Å²) in [5.41, 5.74) is 4.96. The summed E-state index contributed by atoms with van der Waals surface area (Å²) >= 11 is 0. The molecule has 0 aromatic heterocycles. The van der Waals surface area contributed by atoms with Gasteiger partial charge in [0.15, 0.2) is 0 Å². The highest BCUT2D eigenvalue weighted by atomic mass is 31.1. The van der Waals surface area contributed by atoms with Gasteiger partial charge in [0, 0.05) is 11.3 Å². The Labute approximate surface area is 235 Å². The molecule has 4 aromatic rings. The average molecular weight is 539 g/mol. The summed E-state index contributed by atoms with van der Waals surface area (Å²) in [7, 11) is -1.18. The van der Waals surface area contributed by atoms with Crippen molar-refractivity contribution >= 4 is 37.1 Å². The summed E-state index contributed by atoms with van der Waals surface area (Å²) in [6.07, 6.45) is 16.2. The molecule has 1 unspecified atom stereocenters. The Hall–Kier alpha value is -3.56. The van der Waals surface area contributed by atoms with Crippen LogP contribution in [0.5, 0.6) is 0 Å². The first-order chi connectivity index (χ1) is 19.3. The van der Waals surface area contributed by atoms with Gasteiger partial charge in [0.05, 0.1) is 0 Å². The van der Waals surface area contributed by atoms with Crippen molar-refractivity contribution in [3.8, 4) is 0 Å². The molecule has 0 radical (unpaired) electrons. The molecule has 190 valence electrons. The van der Waals surface area contributed by atoms with Gasteiger partial charge >= 0.3 is 0 Å². The summed E-state index contributed by atoms with van der Waals surface area (Å²) in [5.74, 6) is 0. The smallest absolute Gasteiger partial charge is 0.0310 e. The maximum atomic E-state index is 2.43. The average Bonchev–Trinajstić information content (AvgIpc) is 3.50. The summed E-state index contributed by atoms with van der Waals surface area (Å²) < 4.78 is 0. The van der Waals surface area contributed by atoms with E-state index in [1.54, 1.807) is 0 Å². The van der Waals surface area contributed by atoms with Gasteiger partial charge in [0.2, 0.25) is 0 Å². The molecular formula is C37H32P2. The number of allylic oxidation sites excluding steroid dienone is 10. The van der Waals surface area contributed by atoms with Gasteiger partial charge in [-0.1, -0.05) is 171 Å². The number of hydrogen-bond acceptors (Lipinski definition) is 0. The molecule has 0 nitrogen and oxygen atoms in total. The van der Waals surface area contributed by atoms with Crippen molar-refractivity contribution < 1.29 is 0 Å². The highest BCUT2D eigenvalue weighted by Crippen LogP contribution is 2.50. The third-order valence-electron chi connectivity index (χ3n) is 7.41. The predicted molar refractivity (Wildman–Crippen MR) is 174 cm³/mol. The first kappa shape index (κ1) is 25.7. The number of rotatable bonds is 7. The second-order valence-corrected chi connectivity index (χ2v) is 14.7. The van der Waals surface area contributed by atoms with E-state index in [9.17, 15) is 0 Å². The van der Waals surface area contributed by atoms with Gasteiger partial charge in [-0.05, 0) is 53.8 Å². The van der Waals surface area contributed by atoms with E-state index in [-0.39, 0.29) is 0 Å². The van der Waals surface area contributed by atoms with Crippen molar-refractivity contribution in [1.29, 1.82) is 0 Å². The van der Waals surface area contributed by atoms with Crippen LogP contribution in [0.2, 0.25) is 0 Å². The Morgan fingerprint density at radius 3 is 1.54 bits per heavy atom. The summed E-state index contributed by atoms with van der Waals surface area (Å²) in [6.45, 7) is 2.43. The molecule has 2 aliphatic carbocycles. The van der Waals surface area contributed by atoms with E-state index in [1.807, 2.05) is 0 Å². The fourth-order valence-corrected chi connectivity index (χ4v) is 11.0. The molecule has 0 amide bonds. The number of hydrogen-bond donors (Lipinski definition) is 0. The van der Waals surface area contributed by atoms with Crippen LogP contribution in [0.15, 0.2) is 181 Å². The maximum absolute atomic E-state index is 2.43. The van der Waals surface area contributed by atoms with Crippen LogP contribution >= 0.6 is 15.8 Å². The van der Waals surface area contributed by atoms with Crippen LogP contribution in [-0.2, 0) is 0 Å². The molecule has 0 aliphatic heterocycles. The Kier molecular flexibility index (Phi) is 7.97. The second kappa shape index (κ2) is 12.1. The lowest BCUT2D eigenvalue weighted by Gasteiger charge is -2.32. The van der Waals surface area contributed by atoms with Crippen molar-refractivity contribution in [2.45, 2.75) is 18.2 Å². The Bertz CT molecular complexity index is 1470. The summed E-state index contributed by atoms with van der Waals surface area (Å²) in [6, 6.07) is 44.4. The Balaban J connectivity index is 1.45. The van der Waals surface area contributed by atoms with Gasteiger partial charge in [-0.3, -0.25) is 0 Å². The van der Waals surface area contributed by atoms with Gasteiger partial charge in [-0.25, -0.2) is 0 Å². The fraction of sp³-hybridized carbons (Fsp3) is 0.0811. The summed E-state index contributed by atoms with van der Waals surface area (Å²) in [4.78, 5) is 0. The van der Waals surface area contributed by atoms with E-state index in [1.165, 1.54) is 37.9 Å². The lowest BCUT2D eigenvalue weighted by Crippen LogP contribution is -2.25. The van der Waals surface area contributed by atoms with Crippen molar-refractivity contribution in [1.82, 2.24) is 0 Å². The van der Waals surface area contributed by atoms with E-state index in [4.69, 9.17) is 0 Å². The number of benzene rings is 4. The zero-order valence-corrected chi connectivity index (χ0v) is 23.9. The molecular weight excluding hydrogens is 506 g/mol. The third-order valence-corrected chi connectivity index (χ3v) is 12.9. The van der Waals surface area contributed by atoms with Crippen LogP contribution in [0.25, 0.3) is 0 Å². The van der Waals surface area contributed by atoms with E-state index in [0.717, 1.165) is 0 Å². The molecule has 0 saturated carbocycles. The van der Waals surface area contributed by atoms with Crippen LogP contribution in [0.3, 0.4) is 0 Å². The SMILES string of the molecule is C[C@H](C1=CC=C/C1=C1/C=CC=CC1P(c1ccccc1)c1ccccc1)P(c1ccccc1)c1ccccc1. The molecule has 0 N–H and O–H groups in total. The monoisotopic (exact) mass is 538 g/mol. The highest BCUT2D eigenvalue weighted by molar-refractivity contribution is 7.74. The van der Waals surface area contributed by atoms with Crippen LogP contribution in [0, 0.1) is 0 Å². The fourth-order valence-electron chi connectivity index (χ4n) is 5.63. The zero-order valence-electron chi connectivity index (χ0n) is 22.1. The Morgan fingerprint density at radius 2 is 1.03 bits per heavy atom. The largest absolute Gasteiger partial charge is 0.0721 e. The van der Waals surface area contributed by atoms with E-state index < -0.39 is 15.8 Å². The normalized spacial score (nSPS) is 19.1. The van der Waals surface area contributed by atoms with Crippen LogP contribution < -0.4 is 21.2 Å². The van der Waals surface area contributed by atoms with E-state index in [2.05, 4.69) is 171 Å². The molecule has 6 rings (SSSR count). The minimum atomic E-state index is -0.618. The van der Waals surface area contributed by atoms with Crippen molar-refractivity contribution in [2.24, 2.45) is 0 Å². The first-order valence-electron chi connectivity index (χ1n) is 13.6. The maximum Gasteiger partial charge on any atom is 0.0310 e.